The minimum atomic E-state index is 0.684. The normalized spacial score (nSPS) is 10.7. The van der Waals surface area contributed by atoms with Crippen molar-refractivity contribution in [2.45, 2.75) is 6.92 Å². The molecule has 0 saturated heterocycles. The molecule has 3 N–H and O–H groups in total. The van der Waals surface area contributed by atoms with Gasteiger partial charge in [-0.05, 0) is 42.8 Å². The van der Waals surface area contributed by atoms with E-state index in [0.717, 1.165) is 28.0 Å². The van der Waals surface area contributed by atoms with E-state index in [1.54, 1.807) is 0 Å². The molecule has 0 aliphatic heterocycles. The summed E-state index contributed by atoms with van der Waals surface area (Å²) in [6.07, 6.45) is 1.51. The summed E-state index contributed by atoms with van der Waals surface area (Å²) < 4.78 is 0. The number of nitrogens with two attached hydrogens (primary N) is 1. The number of nitrogens with zero attached hydrogens (tertiary/aromatic N) is 2. The Bertz CT molecular complexity index is 769. The van der Waals surface area contributed by atoms with Crippen molar-refractivity contribution in [3.8, 4) is 0 Å². The second kappa shape index (κ2) is 4.98. The van der Waals surface area contributed by atoms with Gasteiger partial charge in [0.25, 0.3) is 0 Å². The number of rotatable bonds is 2. The van der Waals surface area contributed by atoms with Crippen LogP contribution in [-0.2, 0) is 0 Å². The number of halogens is 1. The van der Waals surface area contributed by atoms with Crippen LogP contribution in [0.2, 0.25) is 5.02 Å². The minimum absolute atomic E-state index is 0.684. The molecular formula is C15H13ClN4. The van der Waals surface area contributed by atoms with Gasteiger partial charge in [0.05, 0.1) is 11.2 Å². The van der Waals surface area contributed by atoms with Crippen LogP contribution in [0.5, 0.6) is 0 Å². The Labute approximate surface area is 121 Å². The van der Waals surface area contributed by atoms with Gasteiger partial charge in [0.1, 0.15) is 12.1 Å². The van der Waals surface area contributed by atoms with Crippen molar-refractivity contribution in [1.29, 1.82) is 0 Å². The zero-order chi connectivity index (χ0) is 14.1. The molecule has 0 saturated carbocycles. The van der Waals surface area contributed by atoms with Gasteiger partial charge in [0.15, 0.2) is 0 Å². The first kappa shape index (κ1) is 12.7. The number of aryl methyl sites for hydroxylation is 1. The van der Waals surface area contributed by atoms with Gasteiger partial charge >= 0.3 is 0 Å². The van der Waals surface area contributed by atoms with Gasteiger partial charge in [-0.15, -0.1) is 0 Å². The van der Waals surface area contributed by atoms with Crippen molar-refractivity contribution in [3.05, 3.63) is 53.3 Å². The highest BCUT2D eigenvalue weighted by Crippen LogP contribution is 2.28. The van der Waals surface area contributed by atoms with Gasteiger partial charge in [-0.3, -0.25) is 0 Å². The van der Waals surface area contributed by atoms with E-state index in [9.17, 15) is 0 Å². The van der Waals surface area contributed by atoms with E-state index in [4.69, 9.17) is 17.3 Å². The number of nitrogen functional groups attached to an aromatic ring is 1. The van der Waals surface area contributed by atoms with E-state index < -0.39 is 0 Å². The van der Waals surface area contributed by atoms with Gasteiger partial charge < -0.3 is 11.1 Å². The minimum Gasteiger partial charge on any atom is -0.397 e. The Balaban J connectivity index is 2.08. The molecule has 20 heavy (non-hydrogen) atoms. The number of benzene rings is 2. The van der Waals surface area contributed by atoms with E-state index in [1.807, 2.05) is 43.3 Å². The van der Waals surface area contributed by atoms with Crippen molar-refractivity contribution in [2.75, 3.05) is 11.1 Å². The van der Waals surface area contributed by atoms with Crippen LogP contribution in [0.15, 0.2) is 42.7 Å². The number of aromatic nitrogens is 2. The summed E-state index contributed by atoms with van der Waals surface area (Å²) in [4.78, 5) is 8.55. The summed E-state index contributed by atoms with van der Waals surface area (Å²) in [6, 6.07) is 11.4. The van der Waals surface area contributed by atoms with Crippen LogP contribution >= 0.6 is 11.6 Å². The van der Waals surface area contributed by atoms with Crippen molar-refractivity contribution in [3.63, 3.8) is 0 Å². The number of hydrogen-bond acceptors (Lipinski definition) is 4. The maximum Gasteiger partial charge on any atom is 0.141 e. The zero-order valence-corrected chi connectivity index (χ0v) is 11.6. The van der Waals surface area contributed by atoms with Gasteiger partial charge in [0.2, 0.25) is 0 Å². The maximum absolute atomic E-state index is 6.06. The first-order valence-corrected chi connectivity index (χ1v) is 6.55. The lowest BCUT2D eigenvalue weighted by Gasteiger charge is -2.10. The van der Waals surface area contributed by atoms with Crippen LogP contribution in [0, 0.1) is 6.92 Å². The summed E-state index contributed by atoms with van der Waals surface area (Å²) in [7, 11) is 0. The standard InChI is InChI=1S/C15H13ClN4/c1-9-2-7-12-14(13(9)17)18-8-19-15(12)20-11-5-3-10(16)4-6-11/h2-8H,17H2,1H3,(H,18,19,20). The zero-order valence-electron chi connectivity index (χ0n) is 10.9. The molecule has 4 nitrogen and oxygen atoms in total. The molecule has 0 unspecified atom stereocenters. The van der Waals surface area contributed by atoms with Gasteiger partial charge in [0, 0.05) is 16.1 Å². The highest BCUT2D eigenvalue weighted by Gasteiger charge is 2.08. The van der Waals surface area contributed by atoms with Gasteiger partial charge in [-0.2, -0.15) is 0 Å². The Hall–Kier alpha value is -2.33. The predicted octanol–water partition coefficient (Wildman–Crippen LogP) is 3.92. The van der Waals surface area contributed by atoms with Crippen molar-refractivity contribution < 1.29 is 0 Å². The molecule has 0 radical (unpaired) electrons. The SMILES string of the molecule is Cc1ccc2c(Nc3ccc(Cl)cc3)ncnc2c1N. The molecule has 5 heteroatoms. The lowest BCUT2D eigenvalue weighted by atomic mass is 10.1. The predicted molar refractivity (Wildman–Crippen MR) is 83.4 cm³/mol. The van der Waals surface area contributed by atoms with Gasteiger partial charge in [-0.1, -0.05) is 17.7 Å². The van der Waals surface area contributed by atoms with E-state index in [-0.39, 0.29) is 0 Å². The average molecular weight is 285 g/mol. The van der Waals surface area contributed by atoms with Crippen molar-refractivity contribution in [2.24, 2.45) is 0 Å². The van der Waals surface area contributed by atoms with Crippen LogP contribution in [0.3, 0.4) is 0 Å². The largest absolute Gasteiger partial charge is 0.397 e. The molecule has 0 fully saturated rings. The molecule has 0 bridgehead atoms. The van der Waals surface area contributed by atoms with Gasteiger partial charge in [-0.25, -0.2) is 9.97 Å². The Morgan fingerprint density at radius 2 is 1.80 bits per heavy atom. The molecule has 0 spiro atoms. The van der Waals surface area contributed by atoms with E-state index in [1.165, 1.54) is 6.33 Å². The Morgan fingerprint density at radius 3 is 2.55 bits per heavy atom. The molecule has 3 rings (SSSR count). The van der Waals surface area contributed by atoms with Crippen LogP contribution in [0.4, 0.5) is 17.2 Å². The fraction of sp³-hybridized carbons (Fsp3) is 0.0667. The summed E-state index contributed by atoms with van der Waals surface area (Å²) in [5.41, 5.74) is 9.43. The second-order valence-corrected chi connectivity index (χ2v) is 4.98. The van der Waals surface area contributed by atoms with Crippen molar-refractivity contribution in [1.82, 2.24) is 9.97 Å². The second-order valence-electron chi connectivity index (χ2n) is 4.55. The third-order valence-electron chi connectivity index (χ3n) is 3.17. The fourth-order valence-electron chi connectivity index (χ4n) is 2.02. The Kier molecular flexibility index (Phi) is 3.16. The lowest BCUT2D eigenvalue weighted by molar-refractivity contribution is 1.22. The van der Waals surface area contributed by atoms with E-state index in [2.05, 4.69) is 15.3 Å². The topological polar surface area (TPSA) is 63.8 Å². The van der Waals surface area contributed by atoms with E-state index in [0.29, 0.717) is 10.7 Å². The molecular weight excluding hydrogens is 272 g/mol. The number of nitrogens with one attached hydrogen (secondary N) is 1. The molecule has 0 aliphatic rings. The molecule has 100 valence electrons. The number of hydrogen-bond donors (Lipinski definition) is 2. The highest BCUT2D eigenvalue weighted by atomic mass is 35.5. The first-order valence-electron chi connectivity index (χ1n) is 6.17. The number of fused-ring (bicyclic) bond motifs is 1. The van der Waals surface area contributed by atoms with Crippen LogP contribution in [0.1, 0.15) is 5.56 Å². The first-order chi connectivity index (χ1) is 9.65. The fourth-order valence-corrected chi connectivity index (χ4v) is 2.15. The molecule has 3 aromatic rings. The lowest BCUT2D eigenvalue weighted by Crippen LogP contribution is -1.99. The summed E-state index contributed by atoms with van der Waals surface area (Å²) >= 11 is 5.88. The molecule has 0 aliphatic carbocycles. The van der Waals surface area contributed by atoms with Crippen LogP contribution in [-0.4, -0.2) is 9.97 Å². The summed E-state index contributed by atoms with van der Waals surface area (Å²) in [5.74, 6) is 0.726. The summed E-state index contributed by atoms with van der Waals surface area (Å²) in [5, 5.41) is 4.85. The van der Waals surface area contributed by atoms with E-state index >= 15 is 0 Å². The third-order valence-corrected chi connectivity index (χ3v) is 3.42. The molecule has 0 amide bonds. The number of anilines is 3. The quantitative estimate of drug-likeness (QED) is 0.700. The van der Waals surface area contributed by atoms with Crippen LogP contribution in [0.25, 0.3) is 10.9 Å². The maximum atomic E-state index is 6.06. The highest BCUT2D eigenvalue weighted by molar-refractivity contribution is 6.30. The summed E-state index contributed by atoms with van der Waals surface area (Å²) in [6.45, 7) is 1.96. The van der Waals surface area contributed by atoms with Crippen LogP contribution < -0.4 is 11.1 Å². The molecule has 2 aromatic carbocycles. The third kappa shape index (κ3) is 2.26. The monoisotopic (exact) mass is 284 g/mol. The average Bonchev–Trinajstić information content (AvgIpc) is 2.46. The molecule has 1 heterocycles. The molecule has 0 atom stereocenters. The Morgan fingerprint density at radius 1 is 1.05 bits per heavy atom. The molecule has 1 aromatic heterocycles. The van der Waals surface area contributed by atoms with Crippen molar-refractivity contribution >= 4 is 39.7 Å². The smallest absolute Gasteiger partial charge is 0.141 e.